The van der Waals surface area contributed by atoms with Gasteiger partial charge in [-0.2, -0.15) is 0 Å². The number of piperidine rings is 1. The molecule has 82 valence electrons. The van der Waals surface area contributed by atoms with Gasteiger partial charge in [0.05, 0.1) is 12.5 Å². The molecule has 0 unspecified atom stereocenters. The van der Waals surface area contributed by atoms with Gasteiger partial charge < -0.3 is 4.42 Å². The van der Waals surface area contributed by atoms with Crippen LogP contribution in [-0.2, 0) is 0 Å². The third-order valence-corrected chi connectivity index (χ3v) is 4.22. The second kappa shape index (κ2) is 3.67. The van der Waals surface area contributed by atoms with Crippen LogP contribution in [0.5, 0.6) is 0 Å². The minimum atomic E-state index is 0.632. The van der Waals surface area contributed by atoms with E-state index in [1.54, 1.807) is 6.26 Å². The fourth-order valence-corrected chi connectivity index (χ4v) is 3.41. The summed E-state index contributed by atoms with van der Waals surface area (Å²) in [4.78, 5) is 2.71. The summed E-state index contributed by atoms with van der Waals surface area (Å²) in [6.45, 7) is 3.69. The lowest BCUT2D eigenvalue weighted by molar-refractivity contribution is 0.0812. The zero-order chi connectivity index (χ0) is 10.3. The summed E-state index contributed by atoms with van der Waals surface area (Å²) in [5.41, 5.74) is 1.38. The van der Waals surface area contributed by atoms with Gasteiger partial charge in [0.2, 0.25) is 0 Å². The summed E-state index contributed by atoms with van der Waals surface area (Å²) >= 11 is 0. The molecule has 3 heterocycles. The van der Waals surface area contributed by atoms with E-state index in [9.17, 15) is 0 Å². The Morgan fingerprint density at radius 3 is 3.07 bits per heavy atom. The maximum absolute atomic E-state index is 5.22. The van der Waals surface area contributed by atoms with Crippen LogP contribution in [0, 0.1) is 5.92 Å². The molecule has 3 rings (SSSR count). The van der Waals surface area contributed by atoms with Gasteiger partial charge in [-0.1, -0.05) is 6.92 Å². The van der Waals surface area contributed by atoms with Crippen LogP contribution in [0.4, 0.5) is 0 Å². The van der Waals surface area contributed by atoms with E-state index in [-0.39, 0.29) is 0 Å². The normalized spacial score (nSPS) is 36.7. The molecule has 15 heavy (non-hydrogen) atoms. The Morgan fingerprint density at radius 2 is 2.27 bits per heavy atom. The van der Waals surface area contributed by atoms with Crippen molar-refractivity contribution in [2.75, 3.05) is 6.54 Å². The van der Waals surface area contributed by atoms with E-state index in [0.717, 1.165) is 12.0 Å². The minimum absolute atomic E-state index is 0.632. The van der Waals surface area contributed by atoms with Crippen molar-refractivity contribution in [2.45, 2.75) is 44.7 Å². The Kier molecular flexibility index (Phi) is 2.32. The van der Waals surface area contributed by atoms with E-state index < -0.39 is 0 Å². The average Bonchev–Trinajstić information content (AvgIpc) is 2.88. The minimum Gasteiger partial charge on any atom is -0.472 e. The van der Waals surface area contributed by atoms with Crippen LogP contribution >= 0.6 is 0 Å². The molecule has 0 amide bonds. The van der Waals surface area contributed by atoms with Crippen molar-refractivity contribution in [3.63, 3.8) is 0 Å². The van der Waals surface area contributed by atoms with Crippen LogP contribution in [0.25, 0.3) is 0 Å². The lowest BCUT2D eigenvalue weighted by atomic mass is 9.85. The van der Waals surface area contributed by atoms with Crippen LogP contribution < -0.4 is 0 Å². The lowest BCUT2D eigenvalue weighted by Gasteiger charge is -2.41. The SMILES string of the molecule is C[C@H]1CC[C@@H](c2ccoc2)N2CCC[C@H]12. The van der Waals surface area contributed by atoms with Gasteiger partial charge in [0.1, 0.15) is 0 Å². The quantitative estimate of drug-likeness (QED) is 0.700. The maximum atomic E-state index is 5.22. The van der Waals surface area contributed by atoms with Crippen molar-refractivity contribution < 1.29 is 4.42 Å². The van der Waals surface area contributed by atoms with Gasteiger partial charge in [0, 0.05) is 17.6 Å². The largest absolute Gasteiger partial charge is 0.472 e. The first-order valence-electron chi connectivity index (χ1n) is 6.14. The number of fused-ring (bicyclic) bond motifs is 1. The fourth-order valence-electron chi connectivity index (χ4n) is 3.41. The highest BCUT2D eigenvalue weighted by Gasteiger charge is 2.38. The van der Waals surface area contributed by atoms with Gasteiger partial charge in [-0.15, -0.1) is 0 Å². The zero-order valence-corrected chi connectivity index (χ0v) is 9.36. The number of nitrogens with zero attached hydrogens (tertiary/aromatic N) is 1. The molecule has 0 aliphatic carbocycles. The Balaban J connectivity index is 1.85. The van der Waals surface area contributed by atoms with Gasteiger partial charge in [-0.25, -0.2) is 0 Å². The summed E-state index contributed by atoms with van der Waals surface area (Å²) < 4.78 is 5.22. The molecule has 2 saturated heterocycles. The lowest BCUT2D eigenvalue weighted by Crippen LogP contribution is -2.41. The Labute approximate surface area is 91.3 Å². The van der Waals surface area contributed by atoms with Crippen molar-refractivity contribution in [1.82, 2.24) is 4.90 Å². The van der Waals surface area contributed by atoms with Gasteiger partial charge in [-0.05, 0) is 44.2 Å². The summed E-state index contributed by atoms with van der Waals surface area (Å²) in [6.07, 6.45) is 9.18. The van der Waals surface area contributed by atoms with Crippen molar-refractivity contribution in [1.29, 1.82) is 0 Å². The molecule has 2 heteroatoms. The highest BCUT2D eigenvalue weighted by Crippen LogP contribution is 2.41. The number of furan rings is 1. The second-order valence-corrected chi connectivity index (χ2v) is 5.07. The summed E-state index contributed by atoms with van der Waals surface area (Å²) in [5, 5.41) is 0. The van der Waals surface area contributed by atoms with Crippen LogP contribution in [0.3, 0.4) is 0 Å². The zero-order valence-electron chi connectivity index (χ0n) is 9.36. The summed E-state index contributed by atoms with van der Waals surface area (Å²) in [5.74, 6) is 0.885. The molecule has 3 atom stereocenters. The van der Waals surface area contributed by atoms with Crippen molar-refractivity contribution in [2.24, 2.45) is 5.92 Å². The molecule has 2 nitrogen and oxygen atoms in total. The van der Waals surface area contributed by atoms with Gasteiger partial charge >= 0.3 is 0 Å². The molecule has 2 aliphatic rings. The van der Waals surface area contributed by atoms with E-state index in [4.69, 9.17) is 4.42 Å². The molecule has 0 aromatic carbocycles. The van der Waals surface area contributed by atoms with Gasteiger partial charge in [-0.3, -0.25) is 4.90 Å². The second-order valence-electron chi connectivity index (χ2n) is 5.07. The highest BCUT2D eigenvalue weighted by atomic mass is 16.3. The van der Waals surface area contributed by atoms with Crippen LogP contribution in [0.15, 0.2) is 23.0 Å². The van der Waals surface area contributed by atoms with Crippen molar-refractivity contribution in [3.05, 3.63) is 24.2 Å². The Bertz CT molecular complexity index is 319. The highest BCUT2D eigenvalue weighted by molar-refractivity contribution is 5.14. The number of rotatable bonds is 1. The first-order chi connectivity index (χ1) is 7.36. The average molecular weight is 205 g/mol. The van der Waals surface area contributed by atoms with Crippen LogP contribution in [-0.4, -0.2) is 17.5 Å². The third kappa shape index (κ3) is 1.51. The molecule has 1 aromatic heterocycles. The van der Waals surface area contributed by atoms with E-state index in [0.29, 0.717) is 6.04 Å². The van der Waals surface area contributed by atoms with Crippen LogP contribution in [0.1, 0.15) is 44.2 Å². The Hall–Kier alpha value is -0.760. The van der Waals surface area contributed by atoms with E-state index in [1.165, 1.54) is 37.8 Å². The number of hydrogen-bond acceptors (Lipinski definition) is 2. The van der Waals surface area contributed by atoms with Crippen molar-refractivity contribution in [3.8, 4) is 0 Å². The topological polar surface area (TPSA) is 16.4 Å². The first-order valence-corrected chi connectivity index (χ1v) is 6.14. The van der Waals surface area contributed by atoms with E-state index in [1.807, 2.05) is 6.26 Å². The smallest absolute Gasteiger partial charge is 0.0950 e. The summed E-state index contributed by atoms with van der Waals surface area (Å²) in [6, 6.07) is 3.60. The molecular formula is C13H19NO. The first kappa shape index (κ1) is 9.46. The molecule has 0 saturated carbocycles. The molecular weight excluding hydrogens is 186 g/mol. The maximum Gasteiger partial charge on any atom is 0.0950 e. The predicted octanol–water partition coefficient (Wildman–Crippen LogP) is 3.22. The molecule has 0 bridgehead atoms. The van der Waals surface area contributed by atoms with E-state index in [2.05, 4.69) is 17.9 Å². The third-order valence-electron chi connectivity index (χ3n) is 4.22. The van der Waals surface area contributed by atoms with E-state index >= 15 is 0 Å². The summed E-state index contributed by atoms with van der Waals surface area (Å²) in [7, 11) is 0. The number of hydrogen-bond donors (Lipinski definition) is 0. The molecule has 2 fully saturated rings. The molecule has 0 N–H and O–H groups in total. The van der Waals surface area contributed by atoms with Gasteiger partial charge in [0.15, 0.2) is 0 Å². The molecule has 1 aromatic rings. The monoisotopic (exact) mass is 205 g/mol. The Morgan fingerprint density at radius 1 is 1.33 bits per heavy atom. The standard InChI is InChI=1S/C13H19NO/c1-10-4-5-13(11-6-8-15-9-11)14-7-2-3-12(10)14/h6,8-10,12-13H,2-5,7H2,1H3/t10-,12+,13-/m0/s1. The van der Waals surface area contributed by atoms with Crippen LogP contribution in [0.2, 0.25) is 0 Å². The van der Waals surface area contributed by atoms with Gasteiger partial charge in [0.25, 0.3) is 0 Å². The molecule has 0 radical (unpaired) electrons. The molecule has 0 spiro atoms. The van der Waals surface area contributed by atoms with Crippen molar-refractivity contribution >= 4 is 0 Å². The predicted molar refractivity (Wildman–Crippen MR) is 59.6 cm³/mol. The fraction of sp³-hybridized carbons (Fsp3) is 0.692. The molecule has 2 aliphatic heterocycles.